The lowest BCUT2D eigenvalue weighted by Crippen LogP contribution is -2.14. The maximum Gasteiger partial charge on any atom is 0.446 e. The fourth-order valence-corrected chi connectivity index (χ4v) is 2.30. The van der Waals surface area contributed by atoms with Crippen LogP contribution in [0.4, 0.5) is 13.2 Å². The highest BCUT2D eigenvalue weighted by Crippen LogP contribution is 2.37. The van der Waals surface area contributed by atoms with Crippen molar-refractivity contribution in [2.75, 3.05) is 0 Å². The molecule has 21 heavy (non-hydrogen) atoms. The summed E-state index contributed by atoms with van der Waals surface area (Å²) in [5, 5.41) is 9.66. The van der Waals surface area contributed by atoms with Gasteiger partial charge in [0.15, 0.2) is 0 Å². The van der Waals surface area contributed by atoms with Crippen LogP contribution >= 0.6 is 11.8 Å². The molecule has 0 bridgehead atoms. The molecule has 0 aliphatic carbocycles. The highest BCUT2D eigenvalue weighted by molar-refractivity contribution is 8.00. The van der Waals surface area contributed by atoms with Gasteiger partial charge in [-0.2, -0.15) is 18.2 Å². The van der Waals surface area contributed by atoms with Gasteiger partial charge < -0.3 is 10.1 Å². The third-order valence-corrected chi connectivity index (χ3v) is 3.45. The second-order valence-electron chi connectivity index (χ2n) is 4.14. The van der Waals surface area contributed by atoms with Gasteiger partial charge >= 0.3 is 5.51 Å². The summed E-state index contributed by atoms with van der Waals surface area (Å²) in [6.07, 6.45) is 0.329. The zero-order valence-corrected chi connectivity index (χ0v) is 11.7. The van der Waals surface area contributed by atoms with Gasteiger partial charge in [0.25, 0.3) is 5.56 Å². The van der Waals surface area contributed by atoms with E-state index in [0.717, 1.165) is 0 Å². The van der Waals surface area contributed by atoms with Crippen LogP contribution in [-0.4, -0.2) is 20.6 Å². The molecule has 0 amide bonds. The summed E-state index contributed by atoms with van der Waals surface area (Å²) in [6, 6.07) is 5.35. The van der Waals surface area contributed by atoms with Crippen molar-refractivity contribution in [3.8, 4) is 17.3 Å². The first kappa shape index (κ1) is 15.4. The maximum absolute atomic E-state index is 12.2. The fraction of sp³-hybridized carbons (Fsp3) is 0.231. The number of halogens is 3. The number of nitrogens with one attached hydrogen (secondary N) is 1. The number of thioether (sulfide) groups is 1. The molecule has 2 rings (SSSR count). The Bertz CT molecular complexity index is 696. The topological polar surface area (TPSA) is 66.0 Å². The van der Waals surface area contributed by atoms with Crippen molar-refractivity contribution >= 4 is 11.8 Å². The second kappa shape index (κ2) is 5.80. The van der Waals surface area contributed by atoms with E-state index in [-0.39, 0.29) is 33.9 Å². The number of hydrogen-bond donors (Lipinski definition) is 2. The van der Waals surface area contributed by atoms with Crippen molar-refractivity contribution in [3.63, 3.8) is 0 Å². The Labute approximate surface area is 122 Å². The van der Waals surface area contributed by atoms with E-state index in [2.05, 4.69) is 9.97 Å². The van der Waals surface area contributed by atoms with E-state index < -0.39 is 11.1 Å². The van der Waals surface area contributed by atoms with Crippen molar-refractivity contribution in [3.05, 3.63) is 40.2 Å². The molecule has 2 N–H and O–H groups in total. The Kier molecular flexibility index (Phi) is 4.26. The van der Waals surface area contributed by atoms with Crippen LogP contribution in [0, 0.1) is 0 Å². The quantitative estimate of drug-likeness (QED) is 0.853. The number of rotatable bonds is 3. The van der Waals surface area contributed by atoms with Gasteiger partial charge in [-0.3, -0.25) is 4.79 Å². The van der Waals surface area contributed by atoms with Gasteiger partial charge in [0.1, 0.15) is 5.82 Å². The summed E-state index contributed by atoms with van der Waals surface area (Å²) < 4.78 is 36.7. The Morgan fingerprint density at radius 2 is 1.90 bits per heavy atom. The van der Waals surface area contributed by atoms with Gasteiger partial charge in [0, 0.05) is 10.5 Å². The molecule has 0 fully saturated rings. The van der Waals surface area contributed by atoms with E-state index in [9.17, 15) is 23.1 Å². The SMILES string of the molecule is CCc1c(O)nc(-c2ccc(SC(F)(F)F)cc2)[nH]c1=O. The minimum atomic E-state index is -4.35. The number of aromatic amines is 1. The Morgan fingerprint density at radius 1 is 1.29 bits per heavy atom. The van der Waals surface area contributed by atoms with Gasteiger partial charge in [-0.25, -0.2) is 0 Å². The number of nitrogens with zero attached hydrogens (tertiary/aromatic N) is 1. The first-order valence-electron chi connectivity index (χ1n) is 5.98. The molecule has 1 aromatic heterocycles. The van der Waals surface area contributed by atoms with E-state index in [1.54, 1.807) is 6.92 Å². The average Bonchev–Trinajstić information content (AvgIpc) is 2.37. The summed E-state index contributed by atoms with van der Waals surface area (Å²) in [5.41, 5.74) is -4.23. The van der Waals surface area contributed by atoms with E-state index in [0.29, 0.717) is 12.0 Å². The van der Waals surface area contributed by atoms with E-state index in [4.69, 9.17) is 0 Å². The summed E-state index contributed by atoms with van der Waals surface area (Å²) in [6.45, 7) is 1.70. The number of aromatic nitrogens is 2. The Balaban J connectivity index is 2.33. The average molecular weight is 316 g/mol. The Morgan fingerprint density at radius 3 is 2.38 bits per heavy atom. The van der Waals surface area contributed by atoms with Crippen LogP contribution in [0.15, 0.2) is 34.0 Å². The normalized spacial score (nSPS) is 11.6. The molecule has 8 heteroatoms. The molecule has 0 radical (unpaired) electrons. The van der Waals surface area contributed by atoms with Gasteiger partial charge in [0.05, 0.1) is 5.56 Å². The first-order chi connectivity index (χ1) is 9.80. The van der Waals surface area contributed by atoms with Crippen molar-refractivity contribution in [1.82, 2.24) is 9.97 Å². The summed E-state index contributed by atoms with van der Waals surface area (Å²) in [4.78, 5) is 18.1. The molecule has 0 spiro atoms. The van der Waals surface area contributed by atoms with Crippen LogP contribution in [0.2, 0.25) is 0 Å². The van der Waals surface area contributed by atoms with Crippen LogP contribution in [0.1, 0.15) is 12.5 Å². The third kappa shape index (κ3) is 3.78. The standard InChI is InChI=1S/C13H11F3N2O2S/c1-2-9-11(19)17-10(18-12(9)20)7-3-5-8(6-4-7)21-13(14,15)16/h3-6H,2H2,1H3,(H2,17,18,19,20). The Hall–Kier alpha value is -1.96. The molecule has 1 aromatic carbocycles. The highest BCUT2D eigenvalue weighted by atomic mass is 32.2. The van der Waals surface area contributed by atoms with Gasteiger partial charge in [0.2, 0.25) is 5.88 Å². The second-order valence-corrected chi connectivity index (χ2v) is 5.28. The fourth-order valence-electron chi connectivity index (χ4n) is 1.76. The van der Waals surface area contributed by atoms with Crippen LogP contribution in [0.25, 0.3) is 11.4 Å². The third-order valence-electron chi connectivity index (χ3n) is 2.71. The van der Waals surface area contributed by atoms with Crippen LogP contribution in [-0.2, 0) is 6.42 Å². The minimum absolute atomic E-state index is 0.0306. The lowest BCUT2D eigenvalue weighted by molar-refractivity contribution is -0.0328. The zero-order valence-electron chi connectivity index (χ0n) is 10.9. The number of benzene rings is 1. The zero-order chi connectivity index (χ0) is 15.6. The van der Waals surface area contributed by atoms with Crippen molar-refractivity contribution < 1.29 is 18.3 Å². The number of alkyl halides is 3. The summed E-state index contributed by atoms with van der Waals surface area (Å²) in [7, 11) is 0. The summed E-state index contributed by atoms with van der Waals surface area (Å²) in [5.74, 6) is -0.261. The van der Waals surface area contributed by atoms with Crippen molar-refractivity contribution in [2.24, 2.45) is 0 Å². The number of H-pyrrole nitrogens is 1. The molecule has 1 heterocycles. The smallest absolute Gasteiger partial charge is 0.446 e. The number of aromatic hydroxyl groups is 1. The predicted octanol–water partition coefficient (Wildman–Crippen LogP) is 3.32. The van der Waals surface area contributed by atoms with Crippen LogP contribution < -0.4 is 5.56 Å². The molecule has 0 aliphatic rings. The van der Waals surface area contributed by atoms with E-state index in [1.165, 1.54) is 24.3 Å². The van der Waals surface area contributed by atoms with Gasteiger partial charge in [-0.15, -0.1) is 0 Å². The first-order valence-corrected chi connectivity index (χ1v) is 6.80. The van der Waals surface area contributed by atoms with Gasteiger partial charge in [-0.05, 0) is 30.3 Å². The molecule has 0 saturated heterocycles. The lowest BCUT2D eigenvalue weighted by atomic mass is 10.2. The van der Waals surface area contributed by atoms with Crippen LogP contribution in [0.3, 0.4) is 0 Å². The molecular weight excluding hydrogens is 305 g/mol. The molecule has 0 unspecified atom stereocenters. The molecular formula is C13H11F3N2O2S. The minimum Gasteiger partial charge on any atom is -0.493 e. The predicted molar refractivity (Wildman–Crippen MR) is 73.2 cm³/mol. The monoisotopic (exact) mass is 316 g/mol. The van der Waals surface area contributed by atoms with Gasteiger partial charge in [-0.1, -0.05) is 19.1 Å². The molecule has 0 atom stereocenters. The maximum atomic E-state index is 12.2. The number of hydrogen-bond acceptors (Lipinski definition) is 4. The largest absolute Gasteiger partial charge is 0.493 e. The molecule has 112 valence electrons. The molecule has 0 saturated carbocycles. The highest BCUT2D eigenvalue weighted by Gasteiger charge is 2.29. The van der Waals surface area contributed by atoms with E-state index >= 15 is 0 Å². The van der Waals surface area contributed by atoms with E-state index in [1.807, 2.05) is 0 Å². The summed E-state index contributed by atoms with van der Waals surface area (Å²) >= 11 is -0.225. The molecule has 4 nitrogen and oxygen atoms in total. The van der Waals surface area contributed by atoms with Crippen molar-refractivity contribution in [2.45, 2.75) is 23.7 Å². The molecule has 0 aliphatic heterocycles. The lowest BCUT2D eigenvalue weighted by Gasteiger charge is -2.07. The van der Waals surface area contributed by atoms with Crippen LogP contribution in [0.5, 0.6) is 5.88 Å². The molecule has 2 aromatic rings. The van der Waals surface area contributed by atoms with Crippen molar-refractivity contribution in [1.29, 1.82) is 0 Å².